The molecule has 1 N–H and O–H groups in total. The van der Waals surface area contributed by atoms with Crippen LogP contribution >= 0.6 is 0 Å². The van der Waals surface area contributed by atoms with E-state index in [-0.39, 0.29) is 11.5 Å². The van der Waals surface area contributed by atoms with Gasteiger partial charge in [-0.15, -0.1) is 0 Å². The molecule has 1 saturated carbocycles. The Morgan fingerprint density at radius 2 is 2.12 bits per heavy atom. The van der Waals surface area contributed by atoms with E-state index < -0.39 is 0 Å². The Morgan fingerprint density at radius 1 is 1.75 bits per heavy atom. The fourth-order valence-corrected chi connectivity index (χ4v) is 1.18. The van der Waals surface area contributed by atoms with Gasteiger partial charge in [0, 0.05) is 0 Å². The summed E-state index contributed by atoms with van der Waals surface area (Å²) < 4.78 is 0. The average molecular weight is 114 g/mol. The molecule has 0 spiro atoms. The van der Waals surface area contributed by atoms with Crippen molar-refractivity contribution in [2.75, 3.05) is 0 Å². The topological polar surface area (TPSA) is 20.2 Å². The first kappa shape index (κ1) is 6.09. The van der Waals surface area contributed by atoms with E-state index in [0.29, 0.717) is 0 Å². The van der Waals surface area contributed by atoms with Crippen molar-refractivity contribution >= 4 is 0 Å². The molecule has 1 fully saturated rings. The summed E-state index contributed by atoms with van der Waals surface area (Å²) in [5.74, 6) is 0.738. The van der Waals surface area contributed by atoms with Gasteiger partial charge in [0.2, 0.25) is 0 Å². The van der Waals surface area contributed by atoms with Gasteiger partial charge in [-0.1, -0.05) is 13.8 Å². The van der Waals surface area contributed by atoms with Gasteiger partial charge >= 0.3 is 0 Å². The summed E-state index contributed by atoms with van der Waals surface area (Å²) in [5.41, 5.74) is 0.264. The molecule has 0 heterocycles. The van der Waals surface area contributed by atoms with Gasteiger partial charge in [0.15, 0.2) is 0 Å². The predicted octanol–water partition coefficient (Wildman–Crippen LogP) is 1.41. The summed E-state index contributed by atoms with van der Waals surface area (Å²) in [6, 6.07) is 0. The van der Waals surface area contributed by atoms with Gasteiger partial charge in [-0.2, -0.15) is 0 Å². The lowest BCUT2D eigenvalue weighted by Gasteiger charge is -2.11. The molecule has 1 nitrogen and oxygen atoms in total. The van der Waals surface area contributed by atoms with Crippen molar-refractivity contribution in [2.24, 2.45) is 11.3 Å². The lowest BCUT2D eigenvalue weighted by atomic mass is 10.0. The third-order valence-corrected chi connectivity index (χ3v) is 2.67. The molecule has 0 saturated heterocycles. The second-order valence-corrected chi connectivity index (χ2v) is 3.29. The van der Waals surface area contributed by atoms with E-state index in [4.69, 9.17) is 5.11 Å². The zero-order valence-electron chi connectivity index (χ0n) is 5.81. The standard InChI is InChI=1S/C7H14O/c1-5-4-7(5,3)6(2)8/h5-6,8H,4H2,1-3H3/t5-,6-,7-/m1/s1. The first-order valence-electron chi connectivity index (χ1n) is 3.25. The number of aliphatic hydroxyl groups is 1. The van der Waals surface area contributed by atoms with Crippen LogP contribution < -0.4 is 0 Å². The third-order valence-electron chi connectivity index (χ3n) is 2.67. The van der Waals surface area contributed by atoms with Crippen LogP contribution in [-0.2, 0) is 0 Å². The highest BCUT2D eigenvalue weighted by Crippen LogP contribution is 2.54. The van der Waals surface area contributed by atoms with Crippen LogP contribution in [0.2, 0.25) is 0 Å². The van der Waals surface area contributed by atoms with E-state index >= 15 is 0 Å². The van der Waals surface area contributed by atoms with Crippen molar-refractivity contribution in [3.8, 4) is 0 Å². The van der Waals surface area contributed by atoms with Gasteiger partial charge in [-0.05, 0) is 24.7 Å². The minimum absolute atomic E-state index is 0.113. The number of rotatable bonds is 1. The van der Waals surface area contributed by atoms with Gasteiger partial charge in [0.1, 0.15) is 0 Å². The molecule has 0 aliphatic heterocycles. The lowest BCUT2D eigenvalue weighted by molar-refractivity contribution is 0.113. The number of hydrogen-bond acceptors (Lipinski definition) is 1. The Hall–Kier alpha value is -0.0400. The predicted molar refractivity (Wildman–Crippen MR) is 33.6 cm³/mol. The Kier molecular flexibility index (Phi) is 1.12. The Bertz CT molecular complexity index is 98.6. The molecule has 8 heavy (non-hydrogen) atoms. The van der Waals surface area contributed by atoms with Crippen molar-refractivity contribution in [1.82, 2.24) is 0 Å². The van der Waals surface area contributed by atoms with E-state index in [1.165, 1.54) is 6.42 Å². The van der Waals surface area contributed by atoms with Crippen LogP contribution in [0.15, 0.2) is 0 Å². The van der Waals surface area contributed by atoms with Gasteiger partial charge in [-0.3, -0.25) is 0 Å². The third kappa shape index (κ3) is 0.655. The van der Waals surface area contributed by atoms with Crippen molar-refractivity contribution in [1.29, 1.82) is 0 Å². The molecular weight excluding hydrogens is 100 g/mol. The molecule has 0 aromatic heterocycles. The summed E-state index contributed by atoms with van der Waals surface area (Å²) in [7, 11) is 0. The molecular formula is C7H14O. The quantitative estimate of drug-likeness (QED) is 0.546. The minimum Gasteiger partial charge on any atom is -0.393 e. The van der Waals surface area contributed by atoms with Crippen molar-refractivity contribution in [3.05, 3.63) is 0 Å². The van der Waals surface area contributed by atoms with Crippen LogP contribution in [0.5, 0.6) is 0 Å². The molecule has 0 unspecified atom stereocenters. The summed E-state index contributed by atoms with van der Waals surface area (Å²) in [6.07, 6.45) is 1.09. The smallest absolute Gasteiger partial charge is 0.0568 e. The highest BCUT2D eigenvalue weighted by molar-refractivity contribution is 4.99. The number of hydrogen-bond donors (Lipinski definition) is 1. The van der Waals surface area contributed by atoms with Crippen molar-refractivity contribution in [3.63, 3.8) is 0 Å². The van der Waals surface area contributed by atoms with Gasteiger partial charge < -0.3 is 5.11 Å². The highest BCUT2D eigenvalue weighted by Gasteiger charge is 2.49. The zero-order chi connectivity index (χ0) is 6.36. The van der Waals surface area contributed by atoms with E-state index in [1.54, 1.807) is 0 Å². The maximum atomic E-state index is 9.12. The van der Waals surface area contributed by atoms with Crippen molar-refractivity contribution in [2.45, 2.75) is 33.3 Å². The molecule has 48 valence electrons. The summed E-state index contributed by atoms with van der Waals surface area (Å²) >= 11 is 0. The summed E-state index contributed by atoms with van der Waals surface area (Å²) in [6.45, 7) is 6.21. The van der Waals surface area contributed by atoms with Crippen LogP contribution in [0.25, 0.3) is 0 Å². The van der Waals surface area contributed by atoms with Crippen LogP contribution in [0.1, 0.15) is 27.2 Å². The maximum Gasteiger partial charge on any atom is 0.0568 e. The molecule has 0 radical (unpaired) electrons. The molecule has 0 bridgehead atoms. The maximum absolute atomic E-state index is 9.12. The molecule has 1 aliphatic rings. The molecule has 1 aliphatic carbocycles. The Labute approximate surface area is 50.7 Å². The van der Waals surface area contributed by atoms with Crippen molar-refractivity contribution < 1.29 is 5.11 Å². The van der Waals surface area contributed by atoms with Gasteiger partial charge in [-0.25, -0.2) is 0 Å². The molecule has 0 amide bonds. The largest absolute Gasteiger partial charge is 0.393 e. The van der Waals surface area contributed by atoms with Crippen LogP contribution in [0, 0.1) is 11.3 Å². The summed E-state index contributed by atoms with van der Waals surface area (Å²) in [4.78, 5) is 0. The fraction of sp³-hybridized carbons (Fsp3) is 1.00. The fourth-order valence-electron chi connectivity index (χ4n) is 1.18. The highest BCUT2D eigenvalue weighted by atomic mass is 16.3. The SMILES string of the molecule is C[C@@H]1C[C@@]1(C)[C@@H](C)O. The zero-order valence-corrected chi connectivity index (χ0v) is 5.81. The van der Waals surface area contributed by atoms with Crippen LogP contribution in [0.3, 0.4) is 0 Å². The Balaban J connectivity index is 2.47. The molecule has 0 aromatic carbocycles. The Morgan fingerprint density at radius 3 is 2.12 bits per heavy atom. The molecule has 3 atom stereocenters. The molecule has 1 rings (SSSR count). The van der Waals surface area contributed by atoms with E-state index in [2.05, 4.69) is 13.8 Å². The average Bonchev–Trinajstić information content (AvgIpc) is 2.17. The second kappa shape index (κ2) is 1.47. The normalized spacial score (nSPS) is 48.8. The molecule has 1 heteroatoms. The minimum atomic E-state index is -0.113. The number of aliphatic hydroxyl groups excluding tert-OH is 1. The van der Waals surface area contributed by atoms with Crippen LogP contribution in [-0.4, -0.2) is 11.2 Å². The molecule has 0 aromatic rings. The first-order chi connectivity index (χ1) is 3.57. The van der Waals surface area contributed by atoms with E-state index in [1.807, 2.05) is 6.92 Å². The first-order valence-corrected chi connectivity index (χ1v) is 3.25. The van der Waals surface area contributed by atoms with E-state index in [0.717, 1.165) is 5.92 Å². The van der Waals surface area contributed by atoms with E-state index in [9.17, 15) is 0 Å². The summed E-state index contributed by atoms with van der Waals surface area (Å²) in [5, 5.41) is 9.12. The van der Waals surface area contributed by atoms with Crippen LogP contribution in [0.4, 0.5) is 0 Å². The second-order valence-electron chi connectivity index (χ2n) is 3.29. The van der Waals surface area contributed by atoms with Gasteiger partial charge in [0.25, 0.3) is 0 Å². The monoisotopic (exact) mass is 114 g/mol. The van der Waals surface area contributed by atoms with Gasteiger partial charge in [0.05, 0.1) is 6.10 Å². The lowest BCUT2D eigenvalue weighted by Crippen LogP contribution is -2.15.